The third-order valence-electron chi connectivity index (χ3n) is 0. The minimum absolute atomic E-state index is 0. The minimum Gasteiger partial charge on any atom is 0 e. The van der Waals surface area contributed by atoms with Crippen LogP contribution in [0.1, 0.15) is 0 Å². The van der Waals surface area contributed by atoms with Gasteiger partial charge in [-0.3, -0.25) is 0 Å². The third-order valence-corrected chi connectivity index (χ3v) is 0. The van der Waals surface area contributed by atoms with Gasteiger partial charge in [-0.2, -0.15) is 0 Å². The quantitative estimate of drug-likeness (QED) is 0.396. The molecule has 0 aromatic rings. The van der Waals surface area contributed by atoms with E-state index in [4.69, 9.17) is 0 Å². The second-order valence-corrected chi connectivity index (χ2v) is 0. The average Bonchev–Trinajstić information content (AvgIpc) is 1.00. The molecule has 0 aromatic heterocycles. The normalized spacial score (nSPS) is 1.20. The van der Waals surface area contributed by atoms with E-state index in [1.54, 1.807) is 20.1 Å². The molecule has 0 spiro atoms. The maximum absolute atomic E-state index is 2.36. The first-order valence-corrected chi connectivity index (χ1v) is 6.97. The fourth-order valence-corrected chi connectivity index (χ4v) is 0. The van der Waals surface area contributed by atoms with Gasteiger partial charge in [-0.15, -0.1) is 0 Å². The predicted octanol–water partition coefficient (Wildman–Crippen LogP) is -2.22. The maximum atomic E-state index is 2.36. The van der Waals surface area contributed by atoms with Crippen LogP contribution in [-0.2, 0) is 46.8 Å². The van der Waals surface area contributed by atoms with Gasteiger partial charge in [0.25, 0.3) is 0 Å². The van der Waals surface area contributed by atoms with E-state index in [9.17, 15) is 0 Å². The standard InChI is InChI=1S/Cd.Mg.H2SeTe.Zn.2H/c;;1-2;;;/h;;1-2H;;;. The van der Waals surface area contributed by atoms with Gasteiger partial charge in [-0.1, -0.05) is 0 Å². The number of hydrogen-bond donors (Lipinski definition) is 0. The van der Waals surface area contributed by atoms with Gasteiger partial charge < -0.3 is 0 Å². The van der Waals surface area contributed by atoms with Crippen LogP contribution < -0.4 is 0 Å². The minimum atomic E-state index is 0. The van der Waals surface area contributed by atoms with E-state index in [0.717, 1.165) is 0 Å². The summed E-state index contributed by atoms with van der Waals surface area (Å²) in [4.78, 5) is 0. The van der Waals surface area contributed by atoms with Gasteiger partial charge >= 0.3 is 55.9 Å². The van der Waals surface area contributed by atoms with Crippen molar-refractivity contribution in [2.45, 2.75) is 0 Å². The van der Waals surface area contributed by atoms with Gasteiger partial charge in [0.1, 0.15) is 0 Å². The van der Waals surface area contributed by atoms with E-state index in [-0.39, 0.29) is 69.8 Å². The van der Waals surface area contributed by atoms with E-state index in [1.165, 1.54) is 0 Å². The Balaban J connectivity index is -0.00000000167. The van der Waals surface area contributed by atoms with Gasteiger partial charge in [-0.25, -0.2) is 0 Å². The molecule has 0 aromatic carbocycles. The van der Waals surface area contributed by atoms with Gasteiger partial charge in [-0.05, 0) is 0 Å². The first-order valence-electron chi connectivity index (χ1n) is 0.200. The molecule has 0 atom stereocenters. The molecule has 0 amide bonds. The van der Waals surface area contributed by atoms with Crippen LogP contribution in [0, 0.1) is 0 Å². The van der Waals surface area contributed by atoms with Crippen molar-refractivity contribution in [1.82, 2.24) is 0 Å². The van der Waals surface area contributed by atoms with Gasteiger partial charge in [0, 0.05) is 46.8 Å². The maximum Gasteiger partial charge on any atom is 0 e. The molecule has 0 aliphatic heterocycles. The zero-order valence-corrected chi connectivity index (χ0v) is 13.7. The van der Waals surface area contributed by atoms with Crippen molar-refractivity contribution >= 4 is 55.9 Å². The van der Waals surface area contributed by atoms with Crippen LogP contribution in [0.2, 0.25) is 0 Å². The van der Waals surface area contributed by atoms with E-state index < -0.39 is 0 Å². The molecule has 5 heteroatoms. The average molecular weight is 413 g/mol. The Hall–Kier alpha value is 3.62. The molecular weight excluding hydrogens is 409 g/mol. The summed E-state index contributed by atoms with van der Waals surface area (Å²) in [7, 11) is 0. The molecule has 0 aliphatic rings. The van der Waals surface area contributed by atoms with E-state index in [0.29, 0.717) is 0 Å². The molecule has 0 N–H and O–H groups in total. The number of hydrogen-bond acceptors (Lipinski definition) is 0. The van der Waals surface area contributed by atoms with Crippen LogP contribution >= 0.6 is 0 Å². The summed E-state index contributed by atoms with van der Waals surface area (Å²) in [5.41, 5.74) is 0. The zero-order valence-electron chi connectivity index (χ0n) is 2.31. The summed E-state index contributed by atoms with van der Waals surface area (Å²) in [5.74, 6) is 0. The predicted molar refractivity (Wildman–Crippen MR) is 22.8 cm³/mol. The smallest absolute Gasteiger partial charge is 0 e. The van der Waals surface area contributed by atoms with Gasteiger partial charge in [0.2, 0.25) is 0 Å². The van der Waals surface area contributed by atoms with E-state index in [1.807, 2.05) is 0 Å². The second kappa shape index (κ2) is 25.5. The van der Waals surface area contributed by atoms with Crippen molar-refractivity contribution in [3.8, 4) is 0 Å². The first kappa shape index (κ1) is 23.4. The van der Waals surface area contributed by atoms with Crippen molar-refractivity contribution in [3.05, 3.63) is 0 Å². The van der Waals surface area contributed by atoms with Crippen molar-refractivity contribution in [2.24, 2.45) is 0 Å². The van der Waals surface area contributed by atoms with Crippen molar-refractivity contribution in [1.29, 1.82) is 0 Å². The van der Waals surface area contributed by atoms with Crippen molar-refractivity contribution in [3.63, 3.8) is 0 Å². The summed E-state index contributed by atoms with van der Waals surface area (Å²) in [5, 5.41) is 0. The topological polar surface area (TPSA) is 0 Å². The molecule has 0 saturated carbocycles. The van der Waals surface area contributed by atoms with Crippen molar-refractivity contribution in [2.75, 3.05) is 0 Å². The Labute approximate surface area is 100 Å². The molecule has 5 heavy (non-hydrogen) atoms. The Morgan fingerprint density at radius 1 is 1.20 bits per heavy atom. The molecule has 0 fully saturated rings. The molecular formula is H4CdMgSeTeZn. The van der Waals surface area contributed by atoms with E-state index >= 15 is 0 Å². The fraction of sp³-hybridized carbons (Fsp3) is 0. The molecule has 22 valence electrons. The molecule has 0 bridgehead atoms. The molecule has 0 aliphatic carbocycles. The Kier molecular flexibility index (Phi) is 119. The molecule has 0 nitrogen and oxygen atoms in total. The SMILES string of the molecule is [Cd].[MgH2].[SeH][TeH].[Zn]. The zero-order chi connectivity index (χ0) is 2.00. The molecule has 0 rings (SSSR count). The molecule has 0 unspecified atom stereocenters. The third kappa shape index (κ3) is 18.4. The van der Waals surface area contributed by atoms with Crippen LogP contribution in [0.5, 0.6) is 0 Å². The number of rotatable bonds is 0. The summed E-state index contributed by atoms with van der Waals surface area (Å²) in [6.45, 7) is 0. The summed E-state index contributed by atoms with van der Waals surface area (Å²) < 4.78 is 0. The van der Waals surface area contributed by atoms with Crippen LogP contribution in [-0.4, -0.2) is 55.9 Å². The second-order valence-electron chi connectivity index (χ2n) is 0. The molecule has 0 saturated heterocycles. The monoisotopic (exact) mass is 416 g/mol. The summed E-state index contributed by atoms with van der Waals surface area (Å²) in [6.07, 6.45) is 0. The Morgan fingerprint density at radius 2 is 1.20 bits per heavy atom. The molecule has 0 heterocycles. The van der Waals surface area contributed by atoms with Crippen molar-refractivity contribution < 1.29 is 46.8 Å². The van der Waals surface area contributed by atoms with Crippen LogP contribution in [0.25, 0.3) is 0 Å². The Morgan fingerprint density at radius 3 is 1.20 bits per heavy atom. The van der Waals surface area contributed by atoms with Crippen LogP contribution in [0.3, 0.4) is 0 Å². The largest absolute Gasteiger partial charge is 0 e. The van der Waals surface area contributed by atoms with Crippen LogP contribution in [0.15, 0.2) is 0 Å². The summed E-state index contributed by atoms with van der Waals surface area (Å²) >= 11 is 4.05. The molecule has 0 radical (unpaired) electrons. The summed E-state index contributed by atoms with van der Waals surface area (Å²) in [6, 6.07) is 0. The van der Waals surface area contributed by atoms with Gasteiger partial charge in [0.05, 0.1) is 0 Å². The van der Waals surface area contributed by atoms with Gasteiger partial charge in [0.15, 0.2) is 0 Å². The Bertz CT molecular complexity index is 11.6. The first-order chi connectivity index (χ1) is 1.00. The fourth-order valence-electron chi connectivity index (χ4n) is 0. The van der Waals surface area contributed by atoms with E-state index in [2.05, 4.69) is 12.8 Å². The van der Waals surface area contributed by atoms with Crippen LogP contribution in [0.4, 0.5) is 0 Å².